The van der Waals surface area contributed by atoms with Crippen molar-refractivity contribution in [3.63, 3.8) is 0 Å². The van der Waals surface area contributed by atoms with Gasteiger partial charge in [0.15, 0.2) is 0 Å². The standard InChI is InChI=1S/C20H25N3O3S/c24-20(22-16-9-2-1-3-10-16)17-11-6-14-23(17)27(25,26)18-12-4-7-15-8-5-13-21-19(15)18/h4-5,7-8,12-13,16-17H,1-3,6,9-11,14H2,(H,22,24)/t17-/m0/s1. The minimum absolute atomic E-state index is 0.156. The molecular formula is C20H25N3O3S. The van der Waals surface area contributed by atoms with Crippen molar-refractivity contribution in [1.82, 2.24) is 14.6 Å². The highest BCUT2D eigenvalue weighted by atomic mass is 32.2. The molecule has 1 aromatic carbocycles. The van der Waals surface area contributed by atoms with Gasteiger partial charge in [0.2, 0.25) is 15.9 Å². The highest BCUT2D eigenvalue weighted by Crippen LogP contribution is 2.30. The van der Waals surface area contributed by atoms with Crippen molar-refractivity contribution in [3.8, 4) is 0 Å². The third kappa shape index (κ3) is 3.58. The number of pyridine rings is 1. The van der Waals surface area contributed by atoms with E-state index < -0.39 is 16.1 Å². The van der Waals surface area contributed by atoms with Gasteiger partial charge in [-0.2, -0.15) is 4.31 Å². The molecule has 0 unspecified atom stereocenters. The number of nitrogens with one attached hydrogen (secondary N) is 1. The van der Waals surface area contributed by atoms with E-state index in [-0.39, 0.29) is 16.8 Å². The molecule has 4 rings (SSSR count). The highest BCUT2D eigenvalue weighted by molar-refractivity contribution is 7.89. The number of carbonyl (C=O) groups is 1. The Morgan fingerprint density at radius 3 is 2.63 bits per heavy atom. The average Bonchev–Trinajstić information content (AvgIpc) is 3.19. The minimum Gasteiger partial charge on any atom is -0.352 e. The lowest BCUT2D eigenvalue weighted by Gasteiger charge is -2.28. The third-order valence-corrected chi connectivity index (χ3v) is 7.58. The fraction of sp³-hybridized carbons (Fsp3) is 0.500. The number of hydrogen-bond acceptors (Lipinski definition) is 4. The molecule has 1 saturated heterocycles. The second-order valence-corrected chi connectivity index (χ2v) is 9.31. The second kappa shape index (κ2) is 7.56. The first-order valence-electron chi connectivity index (χ1n) is 9.73. The summed E-state index contributed by atoms with van der Waals surface area (Å²) in [6.45, 7) is 0.369. The Morgan fingerprint density at radius 2 is 1.81 bits per heavy atom. The molecule has 1 amide bonds. The highest BCUT2D eigenvalue weighted by Gasteiger charge is 2.40. The van der Waals surface area contributed by atoms with Gasteiger partial charge in [0.25, 0.3) is 0 Å². The fourth-order valence-electron chi connectivity index (χ4n) is 4.24. The number of nitrogens with zero attached hydrogens (tertiary/aromatic N) is 2. The Bertz CT molecular complexity index is 933. The summed E-state index contributed by atoms with van der Waals surface area (Å²) < 4.78 is 28.1. The summed E-state index contributed by atoms with van der Waals surface area (Å²) in [5.74, 6) is -0.156. The van der Waals surface area contributed by atoms with Crippen LogP contribution in [-0.2, 0) is 14.8 Å². The Hall–Kier alpha value is -1.99. The van der Waals surface area contributed by atoms with E-state index >= 15 is 0 Å². The summed E-state index contributed by atoms with van der Waals surface area (Å²) in [7, 11) is -3.79. The van der Waals surface area contributed by atoms with Gasteiger partial charge in [-0.15, -0.1) is 0 Å². The van der Waals surface area contributed by atoms with E-state index in [0.29, 0.717) is 24.9 Å². The number of rotatable bonds is 4. The monoisotopic (exact) mass is 387 g/mol. The van der Waals surface area contributed by atoms with Crippen molar-refractivity contribution >= 4 is 26.8 Å². The van der Waals surface area contributed by atoms with Gasteiger partial charge < -0.3 is 5.32 Å². The predicted molar refractivity (Wildman–Crippen MR) is 104 cm³/mol. The largest absolute Gasteiger partial charge is 0.352 e. The van der Waals surface area contributed by atoms with Crippen LogP contribution in [0, 0.1) is 0 Å². The molecular weight excluding hydrogens is 362 g/mol. The van der Waals surface area contributed by atoms with Crippen LogP contribution in [0.2, 0.25) is 0 Å². The molecule has 1 aliphatic heterocycles. The Balaban J connectivity index is 1.61. The number of benzene rings is 1. The zero-order valence-electron chi connectivity index (χ0n) is 15.3. The number of carbonyl (C=O) groups excluding carboxylic acids is 1. The molecule has 7 heteroatoms. The Labute approximate surface area is 160 Å². The van der Waals surface area contributed by atoms with E-state index in [1.165, 1.54) is 10.7 Å². The molecule has 1 saturated carbocycles. The number of sulfonamides is 1. The lowest BCUT2D eigenvalue weighted by molar-refractivity contribution is -0.125. The van der Waals surface area contributed by atoms with E-state index in [9.17, 15) is 13.2 Å². The molecule has 2 heterocycles. The van der Waals surface area contributed by atoms with E-state index in [1.807, 2.05) is 12.1 Å². The average molecular weight is 388 g/mol. The predicted octanol–water partition coefficient (Wildman–Crippen LogP) is 2.84. The Kier molecular flexibility index (Phi) is 5.14. The van der Waals surface area contributed by atoms with E-state index in [0.717, 1.165) is 31.1 Å². The lowest BCUT2D eigenvalue weighted by atomic mass is 9.95. The van der Waals surface area contributed by atoms with E-state index in [2.05, 4.69) is 10.3 Å². The number of amides is 1. The molecule has 1 atom stereocenters. The topological polar surface area (TPSA) is 79.4 Å². The van der Waals surface area contributed by atoms with E-state index in [1.54, 1.807) is 24.4 Å². The maximum atomic E-state index is 13.4. The molecule has 2 aliphatic rings. The molecule has 6 nitrogen and oxygen atoms in total. The van der Waals surface area contributed by atoms with Crippen molar-refractivity contribution in [1.29, 1.82) is 0 Å². The van der Waals surface area contributed by atoms with Crippen LogP contribution in [0.5, 0.6) is 0 Å². The summed E-state index contributed by atoms with van der Waals surface area (Å²) in [6.07, 6.45) is 8.29. The molecule has 0 spiro atoms. The minimum atomic E-state index is -3.79. The SMILES string of the molecule is O=C(NC1CCCCC1)[C@@H]1CCCN1S(=O)(=O)c1cccc2cccnc12. The first-order chi connectivity index (χ1) is 13.1. The summed E-state index contributed by atoms with van der Waals surface area (Å²) in [5.41, 5.74) is 0.457. The van der Waals surface area contributed by atoms with Crippen molar-refractivity contribution in [2.45, 2.75) is 61.9 Å². The summed E-state index contributed by atoms with van der Waals surface area (Å²) >= 11 is 0. The molecule has 0 bridgehead atoms. The summed E-state index contributed by atoms with van der Waals surface area (Å²) in [5, 5.41) is 3.87. The van der Waals surface area contributed by atoms with Gasteiger partial charge in [0.1, 0.15) is 10.9 Å². The van der Waals surface area contributed by atoms with Gasteiger partial charge in [0.05, 0.1) is 5.52 Å². The van der Waals surface area contributed by atoms with Crippen molar-refractivity contribution in [2.75, 3.05) is 6.54 Å². The maximum absolute atomic E-state index is 13.4. The number of hydrogen-bond donors (Lipinski definition) is 1. The van der Waals surface area contributed by atoms with Crippen LogP contribution in [0.3, 0.4) is 0 Å². The summed E-state index contributed by atoms with van der Waals surface area (Å²) in [4.78, 5) is 17.3. The summed E-state index contributed by atoms with van der Waals surface area (Å²) in [6, 6.07) is 8.33. The van der Waals surface area contributed by atoms with Crippen LogP contribution in [-0.4, -0.2) is 42.2 Å². The molecule has 2 aromatic rings. The second-order valence-electron chi connectivity index (χ2n) is 7.45. The Morgan fingerprint density at radius 1 is 1.04 bits per heavy atom. The normalized spacial score (nSPS) is 22.1. The van der Waals surface area contributed by atoms with Gasteiger partial charge >= 0.3 is 0 Å². The van der Waals surface area contributed by atoms with Gasteiger partial charge in [-0.05, 0) is 37.8 Å². The zero-order valence-corrected chi connectivity index (χ0v) is 16.1. The van der Waals surface area contributed by atoms with E-state index in [4.69, 9.17) is 0 Å². The quantitative estimate of drug-likeness (QED) is 0.875. The van der Waals surface area contributed by atoms with Crippen LogP contribution < -0.4 is 5.32 Å². The first-order valence-corrected chi connectivity index (χ1v) is 11.2. The van der Waals surface area contributed by atoms with Gasteiger partial charge in [-0.25, -0.2) is 8.42 Å². The molecule has 0 radical (unpaired) electrons. The third-order valence-electron chi connectivity index (χ3n) is 5.64. The molecule has 27 heavy (non-hydrogen) atoms. The first kappa shape index (κ1) is 18.4. The molecule has 1 N–H and O–H groups in total. The fourth-order valence-corrected chi connectivity index (χ4v) is 6.07. The van der Waals surface area contributed by atoms with Gasteiger partial charge in [0, 0.05) is 24.2 Å². The van der Waals surface area contributed by atoms with Gasteiger partial charge in [-0.3, -0.25) is 9.78 Å². The smallest absolute Gasteiger partial charge is 0.245 e. The van der Waals surface area contributed by atoms with Crippen LogP contribution in [0.4, 0.5) is 0 Å². The molecule has 1 aliphatic carbocycles. The molecule has 2 fully saturated rings. The van der Waals surface area contributed by atoms with Crippen LogP contribution in [0.1, 0.15) is 44.9 Å². The molecule has 1 aromatic heterocycles. The molecule has 144 valence electrons. The number of para-hydroxylation sites is 1. The van der Waals surface area contributed by atoms with Crippen molar-refractivity contribution < 1.29 is 13.2 Å². The maximum Gasteiger partial charge on any atom is 0.245 e. The number of aromatic nitrogens is 1. The van der Waals surface area contributed by atoms with Crippen LogP contribution >= 0.6 is 0 Å². The zero-order chi connectivity index (χ0) is 18.9. The lowest BCUT2D eigenvalue weighted by Crippen LogP contribution is -2.49. The van der Waals surface area contributed by atoms with Crippen molar-refractivity contribution in [2.24, 2.45) is 0 Å². The van der Waals surface area contributed by atoms with Gasteiger partial charge in [-0.1, -0.05) is 37.5 Å². The number of fused-ring (bicyclic) bond motifs is 1. The van der Waals surface area contributed by atoms with Crippen LogP contribution in [0.25, 0.3) is 10.9 Å². The van der Waals surface area contributed by atoms with Crippen LogP contribution in [0.15, 0.2) is 41.4 Å². The van der Waals surface area contributed by atoms with Crippen molar-refractivity contribution in [3.05, 3.63) is 36.5 Å².